The Balaban J connectivity index is 1.52. The maximum atomic E-state index is 12.1. The molecular formula is C21H16Br2N2O2. The van der Waals surface area contributed by atoms with Crippen molar-refractivity contribution in [3.8, 4) is 5.75 Å². The molecule has 136 valence electrons. The van der Waals surface area contributed by atoms with Gasteiger partial charge in [0.05, 0.1) is 11.8 Å². The van der Waals surface area contributed by atoms with Gasteiger partial charge in [-0.1, -0.05) is 40.2 Å². The third-order valence-electron chi connectivity index (χ3n) is 3.70. The second-order valence-corrected chi connectivity index (χ2v) is 7.43. The minimum absolute atomic E-state index is 0.270. The molecule has 0 aliphatic carbocycles. The predicted molar refractivity (Wildman–Crippen MR) is 114 cm³/mol. The van der Waals surface area contributed by atoms with Crippen LogP contribution in [0.25, 0.3) is 0 Å². The summed E-state index contributed by atoms with van der Waals surface area (Å²) in [6.07, 6.45) is 1.59. The van der Waals surface area contributed by atoms with Gasteiger partial charge in [0.2, 0.25) is 0 Å². The van der Waals surface area contributed by atoms with Crippen molar-refractivity contribution in [2.75, 3.05) is 0 Å². The van der Waals surface area contributed by atoms with E-state index >= 15 is 0 Å². The van der Waals surface area contributed by atoms with Crippen molar-refractivity contribution in [3.63, 3.8) is 0 Å². The van der Waals surface area contributed by atoms with Crippen LogP contribution in [0.2, 0.25) is 0 Å². The molecule has 1 N–H and O–H groups in total. The average Bonchev–Trinajstić information content (AvgIpc) is 2.69. The van der Waals surface area contributed by atoms with Crippen molar-refractivity contribution >= 4 is 44.0 Å². The van der Waals surface area contributed by atoms with Crippen LogP contribution in [0.1, 0.15) is 21.5 Å². The third-order valence-corrected chi connectivity index (χ3v) is 4.92. The van der Waals surface area contributed by atoms with Gasteiger partial charge < -0.3 is 4.74 Å². The van der Waals surface area contributed by atoms with Gasteiger partial charge in [-0.3, -0.25) is 4.79 Å². The van der Waals surface area contributed by atoms with Gasteiger partial charge in [0, 0.05) is 8.95 Å². The summed E-state index contributed by atoms with van der Waals surface area (Å²) in [5.41, 5.74) is 5.01. The van der Waals surface area contributed by atoms with Crippen molar-refractivity contribution in [2.45, 2.75) is 6.61 Å². The van der Waals surface area contributed by atoms with Crippen LogP contribution >= 0.6 is 31.9 Å². The van der Waals surface area contributed by atoms with E-state index in [2.05, 4.69) is 42.4 Å². The topological polar surface area (TPSA) is 50.7 Å². The molecule has 3 aromatic carbocycles. The van der Waals surface area contributed by atoms with E-state index in [-0.39, 0.29) is 5.91 Å². The zero-order chi connectivity index (χ0) is 19.1. The highest BCUT2D eigenvalue weighted by Crippen LogP contribution is 2.16. The first kappa shape index (κ1) is 19.3. The van der Waals surface area contributed by atoms with Crippen LogP contribution in [0, 0.1) is 0 Å². The number of rotatable bonds is 6. The Morgan fingerprint density at radius 3 is 2.37 bits per heavy atom. The van der Waals surface area contributed by atoms with E-state index in [9.17, 15) is 4.79 Å². The van der Waals surface area contributed by atoms with E-state index in [1.807, 2.05) is 60.7 Å². The molecule has 0 bridgehead atoms. The van der Waals surface area contributed by atoms with Crippen molar-refractivity contribution in [1.29, 1.82) is 0 Å². The summed E-state index contributed by atoms with van der Waals surface area (Å²) in [4.78, 5) is 12.1. The predicted octanol–water partition coefficient (Wildman–Crippen LogP) is 5.55. The van der Waals surface area contributed by atoms with Crippen LogP contribution in [0.3, 0.4) is 0 Å². The van der Waals surface area contributed by atoms with E-state index in [0.29, 0.717) is 12.2 Å². The highest BCUT2D eigenvalue weighted by molar-refractivity contribution is 9.10. The summed E-state index contributed by atoms with van der Waals surface area (Å²) in [5.74, 6) is 0.500. The largest absolute Gasteiger partial charge is 0.489 e. The van der Waals surface area contributed by atoms with Crippen LogP contribution in [0.15, 0.2) is 86.8 Å². The number of carbonyl (C=O) groups is 1. The van der Waals surface area contributed by atoms with Gasteiger partial charge in [0.15, 0.2) is 0 Å². The lowest BCUT2D eigenvalue weighted by atomic mass is 10.2. The summed E-state index contributed by atoms with van der Waals surface area (Å²) in [7, 11) is 0. The Bertz CT molecular complexity index is 939. The molecule has 0 spiro atoms. The fraction of sp³-hybridized carbons (Fsp3) is 0.0476. The third kappa shape index (κ3) is 5.77. The molecule has 4 nitrogen and oxygen atoms in total. The average molecular weight is 488 g/mol. The molecule has 0 unspecified atom stereocenters. The zero-order valence-electron chi connectivity index (χ0n) is 14.2. The number of nitrogens with zero attached hydrogens (tertiary/aromatic N) is 1. The van der Waals surface area contributed by atoms with Crippen LogP contribution in [-0.2, 0) is 6.61 Å². The van der Waals surface area contributed by atoms with Crippen molar-refractivity contribution in [1.82, 2.24) is 5.43 Å². The van der Waals surface area contributed by atoms with Gasteiger partial charge in [-0.25, -0.2) is 5.43 Å². The minimum atomic E-state index is -0.270. The number of ether oxygens (including phenoxy) is 1. The van der Waals surface area contributed by atoms with Gasteiger partial charge in [0.1, 0.15) is 12.4 Å². The van der Waals surface area contributed by atoms with Crippen LogP contribution < -0.4 is 10.2 Å². The normalized spacial score (nSPS) is 10.7. The van der Waals surface area contributed by atoms with Gasteiger partial charge in [-0.15, -0.1) is 0 Å². The number of amides is 1. The Labute approximate surface area is 174 Å². The maximum Gasteiger partial charge on any atom is 0.272 e. The van der Waals surface area contributed by atoms with Gasteiger partial charge in [-0.2, -0.15) is 5.10 Å². The fourth-order valence-electron chi connectivity index (χ4n) is 2.27. The minimum Gasteiger partial charge on any atom is -0.489 e. The van der Waals surface area contributed by atoms with E-state index in [1.54, 1.807) is 18.3 Å². The molecule has 0 aromatic heterocycles. The summed E-state index contributed by atoms with van der Waals surface area (Å²) in [5, 5.41) is 4.00. The van der Waals surface area contributed by atoms with Gasteiger partial charge >= 0.3 is 0 Å². The quantitative estimate of drug-likeness (QED) is 0.365. The van der Waals surface area contributed by atoms with E-state index in [4.69, 9.17) is 4.74 Å². The molecule has 0 saturated carbocycles. The lowest BCUT2D eigenvalue weighted by Gasteiger charge is -2.06. The first-order valence-corrected chi connectivity index (χ1v) is 9.76. The lowest BCUT2D eigenvalue weighted by Crippen LogP contribution is -2.18. The summed E-state index contributed by atoms with van der Waals surface area (Å²) in [6.45, 7) is 0.503. The monoisotopic (exact) mass is 486 g/mol. The van der Waals surface area contributed by atoms with Crippen molar-refractivity contribution < 1.29 is 9.53 Å². The smallest absolute Gasteiger partial charge is 0.272 e. The second kappa shape index (κ2) is 9.48. The number of halogens is 2. The Morgan fingerprint density at radius 1 is 0.963 bits per heavy atom. The molecule has 3 rings (SSSR count). The maximum absolute atomic E-state index is 12.1. The van der Waals surface area contributed by atoms with Crippen LogP contribution in [-0.4, -0.2) is 12.1 Å². The first-order chi connectivity index (χ1) is 13.1. The molecule has 0 fully saturated rings. The lowest BCUT2D eigenvalue weighted by molar-refractivity contribution is 0.0954. The molecule has 6 heteroatoms. The van der Waals surface area contributed by atoms with Crippen LogP contribution in [0.5, 0.6) is 5.75 Å². The molecule has 0 radical (unpaired) electrons. The Kier molecular flexibility index (Phi) is 6.79. The van der Waals surface area contributed by atoms with Crippen LogP contribution in [0.4, 0.5) is 0 Å². The fourth-order valence-corrected chi connectivity index (χ4v) is 3.00. The number of hydrogen-bond donors (Lipinski definition) is 1. The second-order valence-electron chi connectivity index (χ2n) is 5.66. The summed E-state index contributed by atoms with van der Waals surface area (Å²) >= 11 is 6.76. The first-order valence-electron chi connectivity index (χ1n) is 8.17. The number of hydrogen-bond acceptors (Lipinski definition) is 3. The Hall–Kier alpha value is -2.44. The number of benzene rings is 3. The zero-order valence-corrected chi connectivity index (χ0v) is 17.4. The van der Waals surface area contributed by atoms with Gasteiger partial charge in [0.25, 0.3) is 5.91 Å². The molecular weight excluding hydrogens is 472 g/mol. The number of carbonyl (C=O) groups excluding carboxylic acids is 1. The summed E-state index contributed by atoms with van der Waals surface area (Å²) < 4.78 is 7.54. The molecule has 27 heavy (non-hydrogen) atoms. The molecule has 0 saturated heterocycles. The SMILES string of the molecule is O=C(N/N=C\c1ccc(OCc2ccc(Br)cc2)cc1)c1ccccc1Br. The van der Waals surface area contributed by atoms with Crippen molar-refractivity contribution in [3.05, 3.63) is 98.4 Å². The Morgan fingerprint density at radius 2 is 1.67 bits per heavy atom. The summed E-state index contributed by atoms with van der Waals surface area (Å²) in [6, 6.07) is 22.7. The standard InChI is InChI=1S/C21H16Br2N2O2/c22-17-9-5-16(6-10-17)14-27-18-11-7-15(8-12-18)13-24-25-21(26)19-3-1-2-4-20(19)23/h1-13H,14H2,(H,25,26)/b24-13-. The molecule has 3 aromatic rings. The highest BCUT2D eigenvalue weighted by atomic mass is 79.9. The van der Waals surface area contributed by atoms with E-state index < -0.39 is 0 Å². The molecule has 0 aliphatic rings. The van der Waals surface area contributed by atoms with Gasteiger partial charge in [-0.05, 0) is 75.6 Å². The van der Waals surface area contributed by atoms with E-state index in [0.717, 1.165) is 25.8 Å². The molecule has 1 amide bonds. The highest BCUT2D eigenvalue weighted by Gasteiger charge is 2.07. The van der Waals surface area contributed by atoms with E-state index in [1.165, 1.54) is 0 Å². The molecule has 0 aliphatic heterocycles. The van der Waals surface area contributed by atoms with Crippen molar-refractivity contribution in [2.24, 2.45) is 5.10 Å². The molecule has 0 atom stereocenters. The number of nitrogens with one attached hydrogen (secondary N) is 1. The number of hydrazone groups is 1. The molecule has 0 heterocycles.